The summed E-state index contributed by atoms with van der Waals surface area (Å²) in [6, 6.07) is 5.99. The van der Waals surface area contributed by atoms with E-state index in [-0.39, 0.29) is 11.6 Å². The number of aromatic nitrogens is 1. The minimum atomic E-state index is -0.138. The lowest BCUT2D eigenvalue weighted by molar-refractivity contribution is 0.469. The maximum atomic E-state index is 5.87. The molecule has 1 aromatic heterocycles. The fraction of sp³-hybridized carbons (Fsp3) is 0.545. The van der Waals surface area contributed by atoms with Gasteiger partial charge in [0, 0.05) is 17.3 Å². The van der Waals surface area contributed by atoms with Crippen molar-refractivity contribution in [3.05, 3.63) is 23.9 Å². The van der Waals surface area contributed by atoms with E-state index in [1.165, 1.54) is 0 Å². The van der Waals surface area contributed by atoms with Gasteiger partial charge in [-0.25, -0.2) is 4.98 Å². The van der Waals surface area contributed by atoms with Crippen LogP contribution in [0.2, 0.25) is 0 Å². The van der Waals surface area contributed by atoms with Gasteiger partial charge < -0.3 is 11.1 Å². The highest BCUT2D eigenvalue weighted by Gasteiger charge is 2.22. The van der Waals surface area contributed by atoms with Crippen molar-refractivity contribution in [2.45, 2.75) is 39.3 Å². The third-order valence-electron chi connectivity index (χ3n) is 2.48. The van der Waals surface area contributed by atoms with Crippen LogP contribution in [0, 0.1) is 6.92 Å². The first-order valence-electron chi connectivity index (χ1n) is 4.89. The molecule has 1 rings (SSSR count). The zero-order valence-corrected chi connectivity index (χ0v) is 9.33. The van der Waals surface area contributed by atoms with Gasteiger partial charge in [0.05, 0.1) is 0 Å². The highest BCUT2D eigenvalue weighted by atomic mass is 15.1. The summed E-state index contributed by atoms with van der Waals surface area (Å²) in [6.07, 6.45) is 0. The van der Waals surface area contributed by atoms with Crippen LogP contribution in [0.1, 0.15) is 26.5 Å². The summed E-state index contributed by atoms with van der Waals surface area (Å²) in [4.78, 5) is 4.37. The van der Waals surface area contributed by atoms with Crippen LogP contribution in [-0.2, 0) is 0 Å². The summed E-state index contributed by atoms with van der Waals surface area (Å²) >= 11 is 0. The topological polar surface area (TPSA) is 50.9 Å². The molecule has 0 aliphatic heterocycles. The van der Waals surface area contributed by atoms with Crippen molar-refractivity contribution >= 4 is 5.82 Å². The Morgan fingerprint density at radius 2 is 2.07 bits per heavy atom. The Balaban J connectivity index is 2.78. The summed E-state index contributed by atoms with van der Waals surface area (Å²) in [5.74, 6) is 0.882. The molecule has 0 amide bonds. The smallest absolute Gasteiger partial charge is 0.126 e. The summed E-state index contributed by atoms with van der Waals surface area (Å²) in [6.45, 7) is 8.11. The second-order valence-electron chi connectivity index (χ2n) is 4.30. The van der Waals surface area contributed by atoms with Gasteiger partial charge in [-0.3, -0.25) is 0 Å². The van der Waals surface area contributed by atoms with Gasteiger partial charge in [0.1, 0.15) is 5.82 Å². The van der Waals surface area contributed by atoms with Crippen LogP contribution < -0.4 is 11.1 Å². The van der Waals surface area contributed by atoms with E-state index < -0.39 is 0 Å². The highest BCUT2D eigenvalue weighted by molar-refractivity contribution is 5.38. The average Bonchev–Trinajstić information content (AvgIpc) is 2.02. The van der Waals surface area contributed by atoms with Crippen LogP contribution in [0.5, 0.6) is 0 Å². The van der Waals surface area contributed by atoms with Crippen LogP contribution in [0.15, 0.2) is 18.2 Å². The highest BCUT2D eigenvalue weighted by Crippen LogP contribution is 2.15. The van der Waals surface area contributed by atoms with Crippen molar-refractivity contribution in [3.8, 4) is 0 Å². The number of anilines is 1. The number of nitrogens with one attached hydrogen (secondary N) is 1. The van der Waals surface area contributed by atoms with Crippen LogP contribution >= 0.6 is 0 Å². The molecule has 0 aliphatic rings. The Kier molecular flexibility index (Phi) is 3.11. The standard InChI is InChI=1S/C11H19N3/c1-8-6-5-7-10(13-8)14-11(3,4)9(2)12/h5-7,9H,12H2,1-4H3,(H,13,14). The quantitative estimate of drug-likeness (QED) is 0.771. The molecule has 3 N–H and O–H groups in total. The first-order valence-corrected chi connectivity index (χ1v) is 4.89. The number of rotatable bonds is 3. The van der Waals surface area contributed by atoms with Gasteiger partial charge in [-0.05, 0) is 39.8 Å². The lowest BCUT2D eigenvalue weighted by Gasteiger charge is -2.30. The molecule has 0 fully saturated rings. The van der Waals surface area contributed by atoms with E-state index in [0.29, 0.717) is 0 Å². The maximum absolute atomic E-state index is 5.87. The van der Waals surface area contributed by atoms with E-state index in [1.807, 2.05) is 32.0 Å². The Labute approximate surface area is 85.7 Å². The molecule has 0 aromatic carbocycles. The van der Waals surface area contributed by atoms with Crippen molar-refractivity contribution in [1.82, 2.24) is 4.98 Å². The first-order chi connectivity index (χ1) is 6.42. The minimum Gasteiger partial charge on any atom is -0.364 e. The van der Waals surface area contributed by atoms with Crippen molar-refractivity contribution in [2.24, 2.45) is 5.73 Å². The van der Waals surface area contributed by atoms with Crippen LogP contribution in [-0.4, -0.2) is 16.6 Å². The average molecular weight is 193 g/mol. The van der Waals surface area contributed by atoms with Gasteiger partial charge in [-0.2, -0.15) is 0 Å². The third-order valence-corrected chi connectivity index (χ3v) is 2.48. The van der Waals surface area contributed by atoms with E-state index in [1.54, 1.807) is 0 Å². The number of hydrogen-bond donors (Lipinski definition) is 2. The molecule has 0 spiro atoms. The maximum Gasteiger partial charge on any atom is 0.126 e. The first kappa shape index (κ1) is 11.0. The molecule has 1 unspecified atom stereocenters. The lowest BCUT2D eigenvalue weighted by Crippen LogP contribution is -2.47. The normalized spacial score (nSPS) is 13.8. The van der Waals surface area contributed by atoms with E-state index in [0.717, 1.165) is 11.5 Å². The van der Waals surface area contributed by atoms with E-state index in [4.69, 9.17) is 5.73 Å². The number of pyridine rings is 1. The molecule has 0 aliphatic carbocycles. The summed E-state index contributed by atoms with van der Waals surface area (Å²) in [7, 11) is 0. The molecule has 1 atom stereocenters. The Hall–Kier alpha value is -1.09. The SMILES string of the molecule is Cc1cccc(NC(C)(C)C(C)N)n1. The second-order valence-corrected chi connectivity index (χ2v) is 4.30. The van der Waals surface area contributed by atoms with Gasteiger partial charge in [0.25, 0.3) is 0 Å². The van der Waals surface area contributed by atoms with E-state index in [9.17, 15) is 0 Å². The van der Waals surface area contributed by atoms with Gasteiger partial charge in [-0.15, -0.1) is 0 Å². The third kappa shape index (κ3) is 2.70. The zero-order valence-electron chi connectivity index (χ0n) is 9.33. The van der Waals surface area contributed by atoms with E-state index >= 15 is 0 Å². The van der Waals surface area contributed by atoms with Gasteiger partial charge in [0.2, 0.25) is 0 Å². The van der Waals surface area contributed by atoms with E-state index in [2.05, 4.69) is 24.1 Å². The zero-order chi connectivity index (χ0) is 10.8. The van der Waals surface area contributed by atoms with Crippen LogP contribution in [0.3, 0.4) is 0 Å². The number of nitrogens with zero attached hydrogens (tertiary/aromatic N) is 1. The molecule has 3 heteroatoms. The van der Waals surface area contributed by atoms with Crippen molar-refractivity contribution < 1.29 is 0 Å². The molecular formula is C11H19N3. The molecule has 1 heterocycles. The molecule has 0 radical (unpaired) electrons. The molecule has 3 nitrogen and oxygen atoms in total. The largest absolute Gasteiger partial charge is 0.364 e. The number of hydrogen-bond acceptors (Lipinski definition) is 3. The molecule has 78 valence electrons. The minimum absolute atomic E-state index is 0.0739. The fourth-order valence-electron chi connectivity index (χ4n) is 1.06. The predicted octanol–water partition coefficient (Wildman–Crippen LogP) is 1.93. The van der Waals surface area contributed by atoms with Crippen LogP contribution in [0.25, 0.3) is 0 Å². The second kappa shape index (κ2) is 3.96. The van der Waals surface area contributed by atoms with Crippen molar-refractivity contribution in [3.63, 3.8) is 0 Å². The van der Waals surface area contributed by atoms with Gasteiger partial charge >= 0.3 is 0 Å². The fourth-order valence-corrected chi connectivity index (χ4v) is 1.06. The Bertz CT molecular complexity index is 305. The van der Waals surface area contributed by atoms with Crippen molar-refractivity contribution in [1.29, 1.82) is 0 Å². The Morgan fingerprint density at radius 3 is 2.57 bits per heavy atom. The lowest BCUT2D eigenvalue weighted by atomic mass is 9.97. The number of aryl methyl sites for hydroxylation is 1. The predicted molar refractivity (Wildman–Crippen MR) is 60.3 cm³/mol. The van der Waals surface area contributed by atoms with Gasteiger partial charge in [0.15, 0.2) is 0 Å². The van der Waals surface area contributed by atoms with Crippen LogP contribution in [0.4, 0.5) is 5.82 Å². The summed E-state index contributed by atoms with van der Waals surface area (Å²) in [5.41, 5.74) is 6.74. The molecule has 0 bridgehead atoms. The molecule has 0 saturated carbocycles. The molecular weight excluding hydrogens is 174 g/mol. The monoisotopic (exact) mass is 193 g/mol. The molecule has 14 heavy (non-hydrogen) atoms. The number of nitrogens with two attached hydrogens (primary N) is 1. The molecule has 1 aromatic rings. The summed E-state index contributed by atoms with van der Waals surface area (Å²) < 4.78 is 0. The van der Waals surface area contributed by atoms with Crippen molar-refractivity contribution in [2.75, 3.05) is 5.32 Å². The molecule has 0 saturated heterocycles. The summed E-state index contributed by atoms with van der Waals surface area (Å²) in [5, 5.41) is 3.32. The van der Waals surface area contributed by atoms with Gasteiger partial charge in [-0.1, -0.05) is 6.07 Å². The Morgan fingerprint density at radius 1 is 1.43 bits per heavy atom.